The van der Waals surface area contributed by atoms with Gasteiger partial charge in [0.05, 0.1) is 0 Å². The van der Waals surface area contributed by atoms with Crippen LogP contribution in [-0.2, 0) is 4.79 Å². The number of hydrogen-bond donors (Lipinski definition) is 4. The van der Waals surface area contributed by atoms with E-state index in [9.17, 15) is 18.4 Å². The number of carbonyl (C=O) groups is 2. The Bertz CT molecular complexity index is 603. The molecule has 1 aromatic carbocycles. The molecule has 1 heterocycles. The highest BCUT2D eigenvalue weighted by Crippen LogP contribution is 2.27. The van der Waals surface area contributed by atoms with E-state index < -0.39 is 23.7 Å². The second-order valence-corrected chi connectivity index (χ2v) is 5.62. The van der Waals surface area contributed by atoms with E-state index in [0.717, 1.165) is 12.1 Å². The summed E-state index contributed by atoms with van der Waals surface area (Å²) in [5, 5.41) is 8.27. The molecule has 9 heteroatoms. The van der Waals surface area contributed by atoms with Crippen molar-refractivity contribution in [3.05, 3.63) is 35.4 Å². The highest BCUT2D eigenvalue weighted by atomic mass is 35.5. The standard InChI is InChI=1S/C15H20F2N4O2.ClH/c1-8(20-15(18)23)14(22)21-13-7-19-5-4-10(13)9-2-3-11(16)12(17)6-9;/h2-3,6,8,10,13,19H,4-5,7H2,1H3,(H,21,22)(H3,18,20,23);1H. The van der Waals surface area contributed by atoms with Gasteiger partial charge in [-0.2, -0.15) is 0 Å². The van der Waals surface area contributed by atoms with E-state index in [1.54, 1.807) is 0 Å². The van der Waals surface area contributed by atoms with Crippen LogP contribution >= 0.6 is 12.4 Å². The lowest BCUT2D eigenvalue weighted by atomic mass is 9.86. The first-order valence-corrected chi connectivity index (χ1v) is 7.40. The SMILES string of the molecule is CC(NC(N)=O)C(=O)NC1CNCCC1c1ccc(F)c(F)c1.Cl. The van der Waals surface area contributed by atoms with Crippen LogP contribution in [0, 0.1) is 11.6 Å². The molecule has 0 spiro atoms. The molecule has 3 amide bonds. The first kappa shape index (κ1) is 20.1. The second-order valence-electron chi connectivity index (χ2n) is 5.62. The van der Waals surface area contributed by atoms with E-state index in [2.05, 4.69) is 16.0 Å². The van der Waals surface area contributed by atoms with Crippen molar-refractivity contribution >= 4 is 24.3 Å². The molecule has 0 aromatic heterocycles. The lowest BCUT2D eigenvalue weighted by Gasteiger charge is -2.34. The van der Waals surface area contributed by atoms with Gasteiger partial charge in [-0.1, -0.05) is 6.07 Å². The van der Waals surface area contributed by atoms with E-state index in [1.807, 2.05) is 0 Å². The molecule has 134 valence electrons. The fourth-order valence-corrected chi connectivity index (χ4v) is 2.74. The number of hydrogen-bond acceptors (Lipinski definition) is 3. The lowest BCUT2D eigenvalue weighted by Crippen LogP contribution is -2.55. The zero-order valence-corrected chi connectivity index (χ0v) is 14.0. The Morgan fingerprint density at radius 1 is 1.33 bits per heavy atom. The molecular formula is C15H21ClF2N4O2. The van der Waals surface area contributed by atoms with Crippen molar-refractivity contribution in [2.45, 2.75) is 31.3 Å². The van der Waals surface area contributed by atoms with Gasteiger partial charge in [-0.25, -0.2) is 13.6 Å². The van der Waals surface area contributed by atoms with Crippen LogP contribution in [0.1, 0.15) is 24.8 Å². The number of primary amides is 1. The Morgan fingerprint density at radius 3 is 2.67 bits per heavy atom. The Morgan fingerprint density at radius 2 is 2.04 bits per heavy atom. The number of amides is 3. The minimum Gasteiger partial charge on any atom is -0.352 e. The predicted molar refractivity (Wildman–Crippen MR) is 87.9 cm³/mol. The molecule has 0 bridgehead atoms. The zero-order chi connectivity index (χ0) is 17.0. The smallest absolute Gasteiger partial charge is 0.312 e. The van der Waals surface area contributed by atoms with Crippen LogP contribution in [0.3, 0.4) is 0 Å². The molecule has 3 unspecified atom stereocenters. The number of carbonyl (C=O) groups excluding carboxylic acids is 2. The number of halogens is 3. The molecule has 1 aromatic rings. The van der Waals surface area contributed by atoms with Crippen molar-refractivity contribution in [3.63, 3.8) is 0 Å². The van der Waals surface area contributed by atoms with E-state index in [1.165, 1.54) is 13.0 Å². The molecular weight excluding hydrogens is 342 g/mol. The van der Waals surface area contributed by atoms with Gasteiger partial charge < -0.3 is 21.7 Å². The summed E-state index contributed by atoms with van der Waals surface area (Å²) < 4.78 is 26.5. The highest BCUT2D eigenvalue weighted by molar-refractivity contribution is 5.86. The maximum Gasteiger partial charge on any atom is 0.312 e. The summed E-state index contributed by atoms with van der Waals surface area (Å²) >= 11 is 0. The number of rotatable bonds is 4. The van der Waals surface area contributed by atoms with E-state index in [4.69, 9.17) is 5.73 Å². The van der Waals surface area contributed by atoms with Crippen molar-refractivity contribution in [2.75, 3.05) is 13.1 Å². The van der Waals surface area contributed by atoms with Crippen LogP contribution in [0.5, 0.6) is 0 Å². The van der Waals surface area contributed by atoms with Crippen LogP contribution in [0.15, 0.2) is 18.2 Å². The molecule has 0 saturated carbocycles. The summed E-state index contributed by atoms with van der Waals surface area (Å²) in [6.45, 7) is 2.73. The number of piperidine rings is 1. The summed E-state index contributed by atoms with van der Waals surface area (Å²) in [7, 11) is 0. The summed E-state index contributed by atoms with van der Waals surface area (Å²) in [4.78, 5) is 22.9. The van der Waals surface area contributed by atoms with Gasteiger partial charge in [0.25, 0.3) is 0 Å². The van der Waals surface area contributed by atoms with Crippen LogP contribution < -0.4 is 21.7 Å². The number of urea groups is 1. The summed E-state index contributed by atoms with van der Waals surface area (Å²) in [5.41, 5.74) is 5.62. The average molecular weight is 363 g/mol. The van der Waals surface area contributed by atoms with Crippen molar-refractivity contribution in [1.82, 2.24) is 16.0 Å². The van der Waals surface area contributed by atoms with Crippen molar-refractivity contribution in [2.24, 2.45) is 5.73 Å². The first-order valence-electron chi connectivity index (χ1n) is 7.40. The van der Waals surface area contributed by atoms with Gasteiger partial charge in [0.2, 0.25) is 5.91 Å². The third-order valence-electron chi connectivity index (χ3n) is 3.93. The lowest BCUT2D eigenvalue weighted by molar-refractivity contribution is -0.123. The third-order valence-corrected chi connectivity index (χ3v) is 3.93. The topological polar surface area (TPSA) is 96.2 Å². The fraction of sp³-hybridized carbons (Fsp3) is 0.467. The number of nitrogens with one attached hydrogen (secondary N) is 3. The van der Waals surface area contributed by atoms with Gasteiger partial charge in [-0.15, -0.1) is 12.4 Å². The van der Waals surface area contributed by atoms with Gasteiger partial charge in [-0.3, -0.25) is 4.79 Å². The Labute approximate surface area is 145 Å². The number of benzene rings is 1. The molecule has 0 radical (unpaired) electrons. The minimum atomic E-state index is -0.908. The summed E-state index contributed by atoms with van der Waals surface area (Å²) in [6.07, 6.45) is 0.674. The Kier molecular flexibility index (Phi) is 7.37. The van der Waals surface area contributed by atoms with Gasteiger partial charge >= 0.3 is 6.03 Å². The molecule has 0 aliphatic carbocycles. The molecule has 1 fully saturated rings. The normalized spacial score (nSPS) is 21.3. The van der Waals surface area contributed by atoms with Gasteiger partial charge in [0, 0.05) is 18.5 Å². The fourth-order valence-electron chi connectivity index (χ4n) is 2.74. The molecule has 1 saturated heterocycles. The van der Waals surface area contributed by atoms with E-state index in [0.29, 0.717) is 25.1 Å². The minimum absolute atomic E-state index is 0. The van der Waals surface area contributed by atoms with Gasteiger partial charge in [-0.05, 0) is 37.6 Å². The quantitative estimate of drug-likeness (QED) is 0.643. The van der Waals surface area contributed by atoms with Crippen LogP contribution in [0.4, 0.5) is 13.6 Å². The Balaban J connectivity index is 0.00000288. The molecule has 1 aliphatic rings. The van der Waals surface area contributed by atoms with Crippen molar-refractivity contribution in [3.8, 4) is 0 Å². The average Bonchev–Trinajstić information content (AvgIpc) is 2.50. The van der Waals surface area contributed by atoms with Gasteiger partial charge in [0.1, 0.15) is 6.04 Å². The predicted octanol–water partition coefficient (Wildman–Crippen LogP) is 1.01. The largest absolute Gasteiger partial charge is 0.352 e. The highest BCUT2D eigenvalue weighted by Gasteiger charge is 2.29. The van der Waals surface area contributed by atoms with Crippen LogP contribution in [0.2, 0.25) is 0 Å². The van der Waals surface area contributed by atoms with Crippen molar-refractivity contribution in [1.29, 1.82) is 0 Å². The molecule has 3 atom stereocenters. The maximum atomic E-state index is 13.5. The molecule has 24 heavy (non-hydrogen) atoms. The third kappa shape index (κ3) is 5.04. The molecule has 6 nitrogen and oxygen atoms in total. The monoisotopic (exact) mass is 362 g/mol. The van der Waals surface area contributed by atoms with Gasteiger partial charge in [0.15, 0.2) is 11.6 Å². The maximum absolute atomic E-state index is 13.5. The summed E-state index contributed by atoms with van der Waals surface area (Å²) in [5.74, 6) is -2.33. The zero-order valence-electron chi connectivity index (χ0n) is 13.1. The van der Waals surface area contributed by atoms with Crippen LogP contribution in [-0.4, -0.2) is 37.1 Å². The van der Waals surface area contributed by atoms with E-state index >= 15 is 0 Å². The molecule has 1 aliphatic heterocycles. The number of nitrogens with two attached hydrogens (primary N) is 1. The summed E-state index contributed by atoms with van der Waals surface area (Å²) in [6, 6.07) is 1.92. The van der Waals surface area contributed by atoms with Crippen molar-refractivity contribution < 1.29 is 18.4 Å². The first-order chi connectivity index (χ1) is 10.9. The van der Waals surface area contributed by atoms with Crippen LogP contribution in [0.25, 0.3) is 0 Å². The Hall–Kier alpha value is -1.93. The molecule has 2 rings (SSSR count). The second kappa shape index (κ2) is 8.79. The molecule has 5 N–H and O–H groups in total. The van der Waals surface area contributed by atoms with E-state index in [-0.39, 0.29) is 30.3 Å².